The van der Waals surface area contributed by atoms with Gasteiger partial charge in [-0.1, -0.05) is 6.07 Å². The minimum Gasteiger partial charge on any atom is -0.497 e. The van der Waals surface area contributed by atoms with Gasteiger partial charge < -0.3 is 14.6 Å². The molecule has 0 bridgehead atoms. The van der Waals surface area contributed by atoms with Crippen molar-refractivity contribution in [3.05, 3.63) is 53.3 Å². The number of nitrogens with zero attached hydrogens (tertiary/aromatic N) is 1. The fourth-order valence-corrected chi connectivity index (χ4v) is 2.02. The summed E-state index contributed by atoms with van der Waals surface area (Å²) in [7, 11) is 3.18. The van der Waals surface area contributed by atoms with Crippen molar-refractivity contribution in [2.75, 3.05) is 14.2 Å². The summed E-state index contributed by atoms with van der Waals surface area (Å²) in [4.78, 5) is 4.31. The van der Waals surface area contributed by atoms with Crippen molar-refractivity contribution in [1.82, 2.24) is 4.98 Å². The number of hydrogen-bond donors (Lipinski definition) is 1. The first-order chi connectivity index (χ1) is 9.63. The highest BCUT2D eigenvalue weighted by Crippen LogP contribution is 2.30. The Labute approximate surface area is 119 Å². The van der Waals surface area contributed by atoms with E-state index in [1.807, 2.05) is 31.2 Å². The van der Waals surface area contributed by atoms with E-state index in [1.165, 1.54) is 0 Å². The minimum atomic E-state index is -0.661. The van der Waals surface area contributed by atoms with Crippen LogP contribution in [0.15, 0.2) is 36.5 Å². The molecule has 0 fully saturated rings. The lowest BCUT2D eigenvalue weighted by Gasteiger charge is -2.15. The van der Waals surface area contributed by atoms with Crippen molar-refractivity contribution >= 4 is 0 Å². The number of aliphatic hydroxyl groups excluding tert-OH is 1. The van der Waals surface area contributed by atoms with Crippen molar-refractivity contribution in [2.45, 2.75) is 19.4 Å². The molecule has 0 amide bonds. The van der Waals surface area contributed by atoms with Gasteiger partial charge in [-0.3, -0.25) is 4.98 Å². The molecule has 106 valence electrons. The molecule has 0 aliphatic rings. The SMILES string of the molecule is COc1ccc(C(O)Cc2ccc(C)cn2)c(OC)c1. The predicted octanol–water partition coefficient (Wildman–Crippen LogP) is 2.68. The zero-order valence-corrected chi connectivity index (χ0v) is 12.0. The predicted molar refractivity (Wildman–Crippen MR) is 77.2 cm³/mol. The van der Waals surface area contributed by atoms with E-state index in [1.54, 1.807) is 26.5 Å². The molecule has 0 aliphatic carbocycles. The number of aliphatic hydroxyl groups is 1. The van der Waals surface area contributed by atoms with Crippen LogP contribution in [0.1, 0.15) is 22.9 Å². The van der Waals surface area contributed by atoms with Crippen LogP contribution in [0, 0.1) is 6.92 Å². The first-order valence-corrected chi connectivity index (χ1v) is 6.45. The Morgan fingerprint density at radius 1 is 1.15 bits per heavy atom. The highest BCUT2D eigenvalue weighted by molar-refractivity contribution is 5.42. The lowest BCUT2D eigenvalue weighted by atomic mass is 10.0. The van der Waals surface area contributed by atoms with Crippen LogP contribution in [0.2, 0.25) is 0 Å². The molecule has 0 saturated heterocycles. The molecule has 1 heterocycles. The molecule has 1 aromatic heterocycles. The van der Waals surface area contributed by atoms with Gasteiger partial charge in [0.2, 0.25) is 0 Å². The lowest BCUT2D eigenvalue weighted by Crippen LogP contribution is -2.05. The molecule has 20 heavy (non-hydrogen) atoms. The van der Waals surface area contributed by atoms with Crippen molar-refractivity contribution in [3.63, 3.8) is 0 Å². The molecule has 1 aromatic carbocycles. The van der Waals surface area contributed by atoms with Crippen molar-refractivity contribution in [3.8, 4) is 11.5 Å². The highest BCUT2D eigenvalue weighted by atomic mass is 16.5. The Morgan fingerprint density at radius 2 is 1.95 bits per heavy atom. The number of rotatable bonds is 5. The largest absolute Gasteiger partial charge is 0.497 e. The van der Waals surface area contributed by atoms with E-state index < -0.39 is 6.10 Å². The van der Waals surface area contributed by atoms with Crippen LogP contribution in [0.4, 0.5) is 0 Å². The monoisotopic (exact) mass is 273 g/mol. The molecule has 0 aliphatic heterocycles. The second-order valence-corrected chi connectivity index (χ2v) is 4.65. The summed E-state index contributed by atoms with van der Waals surface area (Å²) in [5, 5.41) is 10.4. The smallest absolute Gasteiger partial charge is 0.128 e. The summed E-state index contributed by atoms with van der Waals surface area (Å²) in [6.07, 6.45) is 1.59. The minimum absolute atomic E-state index is 0.447. The van der Waals surface area contributed by atoms with Crippen LogP contribution in [-0.4, -0.2) is 24.3 Å². The fourth-order valence-electron chi connectivity index (χ4n) is 2.02. The van der Waals surface area contributed by atoms with Gasteiger partial charge in [-0.25, -0.2) is 0 Å². The zero-order chi connectivity index (χ0) is 14.5. The fraction of sp³-hybridized carbons (Fsp3) is 0.312. The van der Waals surface area contributed by atoms with Gasteiger partial charge in [-0.2, -0.15) is 0 Å². The lowest BCUT2D eigenvalue weighted by molar-refractivity contribution is 0.172. The Morgan fingerprint density at radius 3 is 2.55 bits per heavy atom. The van der Waals surface area contributed by atoms with Crippen LogP contribution < -0.4 is 9.47 Å². The molecular weight excluding hydrogens is 254 g/mol. The summed E-state index contributed by atoms with van der Waals surface area (Å²) in [5.74, 6) is 1.32. The van der Waals surface area contributed by atoms with Gasteiger partial charge in [0.05, 0.1) is 20.3 Å². The number of pyridine rings is 1. The van der Waals surface area contributed by atoms with E-state index in [-0.39, 0.29) is 0 Å². The summed E-state index contributed by atoms with van der Waals surface area (Å²) >= 11 is 0. The summed E-state index contributed by atoms with van der Waals surface area (Å²) < 4.78 is 10.5. The maximum absolute atomic E-state index is 10.4. The van der Waals surface area contributed by atoms with Gasteiger partial charge in [-0.05, 0) is 30.7 Å². The topological polar surface area (TPSA) is 51.6 Å². The highest BCUT2D eigenvalue weighted by Gasteiger charge is 2.15. The van der Waals surface area contributed by atoms with Gasteiger partial charge in [0, 0.05) is 29.9 Å². The maximum Gasteiger partial charge on any atom is 0.128 e. The summed E-state index contributed by atoms with van der Waals surface area (Å²) in [5.41, 5.74) is 2.68. The standard InChI is InChI=1S/C16H19NO3/c1-11-4-5-12(17-10-11)8-15(18)14-7-6-13(19-2)9-16(14)20-3/h4-7,9-10,15,18H,8H2,1-3H3. The Kier molecular flexibility index (Phi) is 4.58. The number of aryl methyl sites for hydroxylation is 1. The van der Waals surface area contributed by atoms with E-state index in [0.29, 0.717) is 17.9 Å². The van der Waals surface area contributed by atoms with E-state index in [0.717, 1.165) is 16.8 Å². The number of methoxy groups -OCH3 is 2. The average Bonchev–Trinajstić information content (AvgIpc) is 2.48. The molecule has 4 nitrogen and oxygen atoms in total. The molecule has 2 rings (SSSR count). The number of ether oxygens (including phenoxy) is 2. The summed E-state index contributed by atoms with van der Waals surface area (Å²) in [6, 6.07) is 9.30. The molecule has 1 atom stereocenters. The second-order valence-electron chi connectivity index (χ2n) is 4.65. The second kappa shape index (κ2) is 6.39. The van der Waals surface area contributed by atoms with Gasteiger partial charge in [0.1, 0.15) is 11.5 Å². The molecule has 0 saturated carbocycles. The Balaban J connectivity index is 2.20. The average molecular weight is 273 g/mol. The number of benzene rings is 1. The molecule has 4 heteroatoms. The van der Waals surface area contributed by atoms with Crippen LogP contribution in [0.25, 0.3) is 0 Å². The maximum atomic E-state index is 10.4. The normalized spacial score (nSPS) is 12.0. The summed E-state index contributed by atoms with van der Waals surface area (Å²) in [6.45, 7) is 1.99. The third-order valence-corrected chi connectivity index (χ3v) is 3.17. The van der Waals surface area contributed by atoms with Gasteiger partial charge in [0.25, 0.3) is 0 Å². The quantitative estimate of drug-likeness (QED) is 0.910. The van der Waals surface area contributed by atoms with Crippen LogP contribution >= 0.6 is 0 Å². The van der Waals surface area contributed by atoms with Crippen molar-refractivity contribution in [1.29, 1.82) is 0 Å². The van der Waals surface area contributed by atoms with E-state index in [9.17, 15) is 5.11 Å². The number of hydrogen-bond acceptors (Lipinski definition) is 4. The zero-order valence-electron chi connectivity index (χ0n) is 12.0. The molecule has 0 spiro atoms. The van der Waals surface area contributed by atoms with Crippen LogP contribution in [0.5, 0.6) is 11.5 Å². The van der Waals surface area contributed by atoms with E-state index in [2.05, 4.69) is 4.98 Å². The third kappa shape index (κ3) is 3.27. The van der Waals surface area contributed by atoms with Crippen molar-refractivity contribution < 1.29 is 14.6 Å². The molecule has 2 aromatic rings. The van der Waals surface area contributed by atoms with Crippen LogP contribution in [-0.2, 0) is 6.42 Å². The Bertz CT molecular complexity index is 566. The van der Waals surface area contributed by atoms with Crippen LogP contribution in [0.3, 0.4) is 0 Å². The molecule has 0 radical (unpaired) electrons. The van der Waals surface area contributed by atoms with Gasteiger partial charge in [-0.15, -0.1) is 0 Å². The van der Waals surface area contributed by atoms with Gasteiger partial charge in [0.15, 0.2) is 0 Å². The van der Waals surface area contributed by atoms with E-state index in [4.69, 9.17) is 9.47 Å². The van der Waals surface area contributed by atoms with Gasteiger partial charge >= 0.3 is 0 Å². The molecule has 1 N–H and O–H groups in total. The third-order valence-electron chi connectivity index (χ3n) is 3.17. The number of aromatic nitrogens is 1. The first-order valence-electron chi connectivity index (χ1n) is 6.45. The molecular formula is C16H19NO3. The first kappa shape index (κ1) is 14.3. The van der Waals surface area contributed by atoms with E-state index >= 15 is 0 Å². The Hall–Kier alpha value is -2.07. The molecule has 1 unspecified atom stereocenters. The van der Waals surface area contributed by atoms with Crippen molar-refractivity contribution in [2.24, 2.45) is 0 Å².